The molecule has 0 amide bonds. The standard InChI is InChI=1S/C18H16FN3O3S.ClH/c19-16-9-11(1-2-12(16)10-22(26(24)25)13-3-4-13)14-7-8-20-18-15(14)5-6-17(23)21-18;/h1-2,5-9,13,26H,3-4,10H2,(H,20,21,23);1H. The molecule has 0 bridgehead atoms. The van der Waals surface area contributed by atoms with E-state index in [0.29, 0.717) is 22.2 Å². The van der Waals surface area contributed by atoms with Crippen LogP contribution < -0.4 is 5.56 Å². The molecule has 1 N–H and O–H groups in total. The number of nitrogens with zero attached hydrogens (tertiary/aromatic N) is 2. The van der Waals surface area contributed by atoms with E-state index in [2.05, 4.69) is 9.97 Å². The maximum atomic E-state index is 14.6. The predicted octanol–water partition coefficient (Wildman–Crippen LogP) is 2.64. The first-order valence-electron chi connectivity index (χ1n) is 8.21. The Morgan fingerprint density at radius 3 is 2.63 bits per heavy atom. The van der Waals surface area contributed by atoms with Crippen molar-refractivity contribution in [2.75, 3.05) is 0 Å². The predicted molar refractivity (Wildman–Crippen MR) is 104 cm³/mol. The molecule has 1 saturated carbocycles. The molecule has 2 heterocycles. The second-order valence-electron chi connectivity index (χ2n) is 6.32. The molecular formula is C18H17ClFN3O3S. The summed E-state index contributed by atoms with van der Waals surface area (Å²) in [6.07, 6.45) is 3.20. The van der Waals surface area contributed by atoms with Gasteiger partial charge < -0.3 is 4.98 Å². The summed E-state index contributed by atoms with van der Waals surface area (Å²) in [5.41, 5.74) is 1.89. The smallest absolute Gasteiger partial charge is 0.249 e. The van der Waals surface area contributed by atoms with Crippen LogP contribution in [0.1, 0.15) is 18.4 Å². The number of thiol groups is 1. The highest BCUT2D eigenvalue weighted by molar-refractivity contribution is 7.69. The SMILES string of the molecule is Cl.O=c1ccc2c(-c3ccc(CN(C4CC4)[SH](=O)=O)c(F)c3)ccnc2[nH]1. The van der Waals surface area contributed by atoms with Gasteiger partial charge in [0, 0.05) is 35.8 Å². The zero-order chi connectivity index (χ0) is 18.3. The van der Waals surface area contributed by atoms with Gasteiger partial charge in [-0.2, -0.15) is 4.31 Å². The van der Waals surface area contributed by atoms with E-state index in [0.717, 1.165) is 18.4 Å². The summed E-state index contributed by atoms with van der Waals surface area (Å²) in [4.78, 5) is 18.2. The molecule has 3 aromatic rings. The van der Waals surface area contributed by atoms with Gasteiger partial charge in [0.05, 0.1) is 0 Å². The summed E-state index contributed by atoms with van der Waals surface area (Å²) in [5.74, 6) is -0.459. The molecule has 0 radical (unpaired) electrons. The Kier molecular flexibility index (Phi) is 5.59. The second kappa shape index (κ2) is 7.75. The molecule has 1 aromatic carbocycles. The van der Waals surface area contributed by atoms with E-state index in [4.69, 9.17) is 0 Å². The van der Waals surface area contributed by atoms with Gasteiger partial charge in [-0.15, -0.1) is 12.4 Å². The van der Waals surface area contributed by atoms with Crippen LogP contribution in [0.5, 0.6) is 0 Å². The van der Waals surface area contributed by atoms with Crippen molar-refractivity contribution in [1.82, 2.24) is 14.3 Å². The Balaban J connectivity index is 0.00000210. The van der Waals surface area contributed by atoms with Crippen LogP contribution in [0.4, 0.5) is 4.39 Å². The van der Waals surface area contributed by atoms with Gasteiger partial charge in [-0.25, -0.2) is 17.8 Å². The maximum absolute atomic E-state index is 14.6. The molecule has 142 valence electrons. The fraction of sp³-hybridized carbons (Fsp3) is 0.222. The molecule has 6 nitrogen and oxygen atoms in total. The molecule has 1 aliphatic rings. The molecule has 2 aromatic heterocycles. The van der Waals surface area contributed by atoms with Gasteiger partial charge in [-0.1, -0.05) is 12.1 Å². The van der Waals surface area contributed by atoms with Gasteiger partial charge >= 0.3 is 0 Å². The van der Waals surface area contributed by atoms with Crippen LogP contribution in [0.3, 0.4) is 0 Å². The van der Waals surface area contributed by atoms with Gasteiger partial charge in [0.25, 0.3) is 0 Å². The number of fused-ring (bicyclic) bond motifs is 1. The first-order valence-corrected chi connectivity index (χ1v) is 9.34. The lowest BCUT2D eigenvalue weighted by atomic mass is 10.0. The number of aromatic nitrogens is 2. The third-order valence-electron chi connectivity index (χ3n) is 4.51. The highest BCUT2D eigenvalue weighted by atomic mass is 35.5. The summed E-state index contributed by atoms with van der Waals surface area (Å²) in [7, 11) is -2.73. The van der Waals surface area contributed by atoms with Gasteiger partial charge in [0.1, 0.15) is 11.5 Å². The quantitative estimate of drug-likeness (QED) is 0.634. The number of rotatable bonds is 5. The van der Waals surface area contributed by atoms with Crippen molar-refractivity contribution in [3.8, 4) is 11.1 Å². The van der Waals surface area contributed by atoms with Crippen molar-refractivity contribution in [1.29, 1.82) is 0 Å². The lowest BCUT2D eigenvalue weighted by molar-refractivity contribution is 0.405. The van der Waals surface area contributed by atoms with E-state index in [1.54, 1.807) is 30.5 Å². The van der Waals surface area contributed by atoms with Crippen LogP contribution in [-0.4, -0.2) is 28.7 Å². The number of hydrogen-bond donors (Lipinski definition) is 2. The highest BCUT2D eigenvalue weighted by Gasteiger charge is 2.31. The molecule has 0 spiro atoms. The Morgan fingerprint density at radius 1 is 1.19 bits per heavy atom. The molecular weight excluding hydrogens is 393 g/mol. The van der Waals surface area contributed by atoms with Crippen LogP contribution in [0.2, 0.25) is 0 Å². The zero-order valence-corrected chi connectivity index (χ0v) is 15.8. The van der Waals surface area contributed by atoms with Gasteiger partial charge in [-0.3, -0.25) is 4.79 Å². The summed E-state index contributed by atoms with van der Waals surface area (Å²) in [6, 6.07) is 9.54. The molecule has 9 heteroatoms. The fourth-order valence-electron chi connectivity index (χ4n) is 3.02. The number of nitrogens with one attached hydrogen (secondary N) is 1. The van der Waals surface area contributed by atoms with Crippen molar-refractivity contribution in [2.24, 2.45) is 0 Å². The van der Waals surface area contributed by atoms with Gasteiger partial charge in [0.15, 0.2) is 0 Å². The van der Waals surface area contributed by atoms with E-state index in [-0.39, 0.29) is 30.6 Å². The van der Waals surface area contributed by atoms with Crippen molar-refractivity contribution in [3.63, 3.8) is 0 Å². The van der Waals surface area contributed by atoms with Gasteiger partial charge in [0.2, 0.25) is 16.4 Å². The highest BCUT2D eigenvalue weighted by Crippen LogP contribution is 2.31. The van der Waals surface area contributed by atoms with E-state index in [9.17, 15) is 17.6 Å². The molecule has 0 atom stereocenters. The minimum atomic E-state index is -2.73. The van der Waals surface area contributed by atoms with Crippen molar-refractivity contribution in [3.05, 3.63) is 64.3 Å². The molecule has 0 saturated heterocycles. The first kappa shape index (κ1) is 19.5. The van der Waals surface area contributed by atoms with Crippen LogP contribution >= 0.6 is 12.4 Å². The second-order valence-corrected chi connectivity index (χ2v) is 7.31. The summed E-state index contributed by atoms with van der Waals surface area (Å²) < 4.78 is 38.7. The third-order valence-corrected chi connectivity index (χ3v) is 5.40. The molecule has 0 aliphatic heterocycles. The molecule has 4 rings (SSSR count). The minimum absolute atomic E-state index is 0. The van der Waals surface area contributed by atoms with E-state index >= 15 is 0 Å². The number of hydrogen-bond acceptors (Lipinski definition) is 4. The third kappa shape index (κ3) is 4.02. The van der Waals surface area contributed by atoms with E-state index < -0.39 is 16.7 Å². The van der Waals surface area contributed by atoms with Gasteiger partial charge in [-0.05, 0) is 42.2 Å². The first-order chi connectivity index (χ1) is 12.5. The number of halogens is 2. The average Bonchev–Trinajstić information content (AvgIpc) is 3.44. The van der Waals surface area contributed by atoms with Crippen LogP contribution in [-0.2, 0) is 17.4 Å². The average molecular weight is 410 g/mol. The maximum Gasteiger partial charge on any atom is 0.249 e. The minimum Gasteiger partial charge on any atom is -0.307 e. The van der Waals surface area contributed by atoms with Crippen LogP contribution in [0, 0.1) is 5.82 Å². The monoisotopic (exact) mass is 409 g/mol. The van der Waals surface area contributed by atoms with Crippen molar-refractivity contribution >= 4 is 34.3 Å². The molecule has 1 aliphatic carbocycles. The molecule has 1 fully saturated rings. The molecule has 27 heavy (non-hydrogen) atoms. The number of aromatic amines is 1. The molecule has 0 unspecified atom stereocenters. The lowest BCUT2D eigenvalue weighted by Crippen LogP contribution is -2.24. The Bertz CT molecular complexity index is 1120. The normalized spacial score (nSPS) is 13.9. The lowest BCUT2D eigenvalue weighted by Gasteiger charge is -2.15. The Hall–Kier alpha value is -2.29. The zero-order valence-electron chi connectivity index (χ0n) is 14.1. The number of benzene rings is 1. The summed E-state index contributed by atoms with van der Waals surface area (Å²) in [5, 5.41) is 0.710. The van der Waals surface area contributed by atoms with Crippen LogP contribution in [0.25, 0.3) is 22.2 Å². The Morgan fingerprint density at radius 2 is 1.96 bits per heavy atom. The van der Waals surface area contributed by atoms with Crippen LogP contribution in [0.15, 0.2) is 47.4 Å². The van der Waals surface area contributed by atoms with E-state index in [1.807, 2.05) is 0 Å². The largest absolute Gasteiger partial charge is 0.307 e. The van der Waals surface area contributed by atoms with E-state index in [1.165, 1.54) is 16.4 Å². The fourth-order valence-corrected chi connectivity index (χ4v) is 3.79. The topological polar surface area (TPSA) is 83.1 Å². The summed E-state index contributed by atoms with van der Waals surface area (Å²) >= 11 is 0. The number of pyridine rings is 2. The summed E-state index contributed by atoms with van der Waals surface area (Å²) in [6.45, 7) is 0.0416. The Labute approximate surface area is 162 Å². The van der Waals surface area contributed by atoms with Crippen molar-refractivity contribution < 1.29 is 12.8 Å². The van der Waals surface area contributed by atoms with Crippen molar-refractivity contribution in [2.45, 2.75) is 25.4 Å². The number of H-pyrrole nitrogens is 1.